The van der Waals surface area contributed by atoms with Crippen LogP contribution in [0.25, 0.3) is 0 Å². The van der Waals surface area contributed by atoms with E-state index in [4.69, 9.17) is 4.74 Å². The quantitative estimate of drug-likeness (QED) is 0.290. The SMILES string of the molecule is CC(C)Oc1ccc(NC(=NCc2nncn2C)NCC(=O)NC(C)(C)C)cc1.I. The summed E-state index contributed by atoms with van der Waals surface area (Å²) in [5.74, 6) is 1.85. The van der Waals surface area contributed by atoms with E-state index in [1.165, 1.54) is 0 Å². The van der Waals surface area contributed by atoms with Crippen LogP contribution >= 0.6 is 24.0 Å². The van der Waals surface area contributed by atoms with Gasteiger partial charge in [-0.25, -0.2) is 4.99 Å². The fourth-order valence-electron chi connectivity index (χ4n) is 2.39. The van der Waals surface area contributed by atoms with Crippen molar-refractivity contribution in [1.29, 1.82) is 0 Å². The number of rotatable bonds is 7. The first-order valence-electron chi connectivity index (χ1n) is 9.58. The van der Waals surface area contributed by atoms with Crippen LogP contribution in [0.5, 0.6) is 5.75 Å². The fourth-order valence-corrected chi connectivity index (χ4v) is 2.39. The number of carbonyl (C=O) groups excluding carboxylic acids is 1. The number of nitrogens with one attached hydrogen (secondary N) is 3. The minimum atomic E-state index is -0.297. The highest BCUT2D eigenvalue weighted by atomic mass is 127. The monoisotopic (exact) mass is 529 g/mol. The van der Waals surface area contributed by atoms with Gasteiger partial charge in [-0.2, -0.15) is 0 Å². The predicted molar refractivity (Wildman–Crippen MR) is 129 cm³/mol. The number of anilines is 1. The van der Waals surface area contributed by atoms with E-state index in [-0.39, 0.29) is 48.1 Å². The van der Waals surface area contributed by atoms with Crippen LogP contribution in [0.15, 0.2) is 35.6 Å². The number of aryl methyl sites for hydroxylation is 1. The number of nitrogens with zero attached hydrogens (tertiary/aromatic N) is 4. The Kier molecular flexibility index (Phi) is 10.0. The number of halogens is 1. The maximum absolute atomic E-state index is 12.2. The minimum absolute atomic E-state index is 0. The molecule has 0 aliphatic heterocycles. The Bertz CT molecular complexity index is 826. The second-order valence-electron chi connectivity index (χ2n) is 7.99. The molecular formula is C20H32IN7O2. The number of guanidine groups is 1. The molecule has 0 unspecified atom stereocenters. The Hall–Kier alpha value is -2.37. The number of amides is 1. The standard InChI is InChI=1S/C20H31N7O2.HI/c1-14(2)29-16-9-7-15(8-10-16)24-19(21-11-17-26-23-13-27(17)6)22-12-18(28)25-20(3,4)5;/h7-10,13-14H,11-12H2,1-6H3,(H,25,28)(H2,21,22,24);1H. The number of aliphatic imine (C=N–C) groups is 1. The second kappa shape index (κ2) is 11.7. The number of carbonyl (C=O) groups is 1. The molecule has 166 valence electrons. The van der Waals surface area contributed by atoms with Crippen molar-refractivity contribution in [1.82, 2.24) is 25.4 Å². The maximum atomic E-state index is 12.2. The van der Waals surface area contributed by atoms with Gasteiger partial charge < -0.3 is 25.3 Å². The van der Waals surface area contributed by atoms with E-state index < -0.39 is 0 Å². The number of aromatic nitrogens is 3. The van der Waals surface area contributed by atoms with Gasteiger partial charge in [0.15, 0.2) is 11.8 Å². The molecule has 1 aromatic carbocycles. The van der Waals surface area contributed by atoms with Crippen LogP contribution < -0.4 is 20.7 Å². The first kappa shape index (κ1) is 25.7. The van der Waals surface area contributed by atoms with Crippen molar-refractivity contribution < 1.29 is 9.53 Å². The van der Waals surface area contributed by atoms with Crippen molar-refractivity contribution in [2.75, 3.05) is 11.9 Å². The van der Waals surface area contributed by atoms with Crippen LogP contribution in [-0.2, 0) is 18.4 Å². The summed E-state index contributed by atoms with van der Waals surface area (Å²) in [7, 11) is 1.86. The van der Waals surface area contributed by atoms with Crippen molar-refractivity contribution in [3.05, 3.63) is 36.4 Å². The zero-order valence-electron chi connectivity index (χ0n) is 18.4. The van der Waals surface area contributed by atoms with Gasteiger partial charge in [-0.05, 0) is 58.9 Å². The Morgan fingerprint density at radius 1 is 1.23 bits per heavy atom. The number of hydrogen-bond acceptors (Lipinski definition) is 5. The highest BCUT2D eigenvalue weighted by molar-refractivity contribution is 14.0. The summed E-state index contributed by atoms with van der Waals surface area (Å²) in [5, 5.41) is 17.1. The Labute approximate surface area is 195 Å². The van der Waals surface area contributed by atoms with Crippen LogP contribution in [-0.4, -0.2) is 44.8 Å². The summed E-state index contributed by atoms with van der Waals surface area (Å²) in [6.45, 7) is 10.2. The third-order valence-electron chi connectivity index (χ3n) is 3.60. The van der Waals surface area contributed by atoms with Gasteiger partial charge >= 0.3 is 0 Å². The largest absolute Gasteiger partial charge is 0.491 e. The molecule has 3 N–H and O–H groups in total. The van der Waals surface area contributed by atoms with Gasteiger partial charge in [0.05, 0.1) is 12.6 Å². The van der Waals surface area contributed by atoms with E-state index in [0.29, 0.717) is 18.3 Å². The zero-order chi connectivity index (χ0) is 21.4. The van der Waals surface area contributed by atoms with Crippen molar-refractivity contribution in [3.63, 3.8) is 0 Å². The Morgan fingerprint density at radius 3 is 2.43 bits per heavy atom. The lowest BCUT2D eigenvalue weighted by molar-refractivity contribution is -0.121. The van der Waals surface area contributed by atoms with Crippen LogP contribution in [0, 0.1) is 0 Å². The normalized spacial score (nSPS) is 11.6. The molecule has 0 bridgehead atoms. The molecule has 2 rings (SSSR count). The molecule has 1 heterocycles. The molecule has 0 fully saturated rings. The molecule has 0 atom stereocenters. The van der Waals surface area contributed by atoms with E-state index in [1.807, 2.05) is 65.9 Å². The molecule has 0 aliphatic rings. The zero-order valence-corrected chi connectivity index (χ0v) is 20.7. The van der Waals surface area contributed by atoms with Crippen molar-refractivity contribution in [3.8, 4) is 5.75 Å². The highest BCUT2D eigenvalue weighted by Crippen LogP contribution is 2.16. The van der Waals surface area contributed by atoms with Crippen molar-refractivity contribution >= 4 is 41.5 Å². The third-order valence-corrected chi connectivity index (χ3v) is 3.60. The minimum Gasteiger partial charge on any atom is -0.491 e. The lowest BCUT2D eigenvalue weighted by Gasteiger charge is -2.21. The summed E-state index contributed by atoms with van der Waals surface area (Å²) in [5.41, 5.74) is 0.524. The van der Waals surface area contributed by atoms with Gasteiger partial charge in [-0.15, -0.1) is 34.2 Å². The van der Waals surface area contributed by atoms with Gasteiger partial charge in [0, 0.05) is 18.3 Å². The van der Waals surface area contributed by atoms with Crippen LogP contribution in [0.4, 0.5) is 5.69 Å². The Morgan fingerprint density at radius 2 is 1.90 bits per heavy atom. The van der Waals surface area contributed by atoms with Gasteiger partial charge in [0.2, 0.25) is 5.91 Å². The summed E-state index contributed by atoms with van der Waals surface area (Å²) in [6, 6.07) is 7.56. The predicted octanol–water partition coefficient (Wildman–Crippen LogP) is 2.69. The van der Waals surface area contributed by atoms with Gasteiger partial charge in [0.25, 0.3) is 0 Å². The number of ether oxygens (including phenoxy) is 1. The van der Waals surface area contributed by atoms with E-state index in [0.717, 1.165) is 11.4 Å². The molecule has 30 heavy (non-hydrogen) atoms. The molecule has 2 aromatic rings. The molecule has 0 saturated heterocycles. The molecule has 0 saturated carbocycles. The molecule has 0 aliphatic carbocycles. The first-order chi connectivity index (χ1) is 13.6. The second-order valence-corrected chi connectivity index (χ2v) is 7.99. The summed E-state index contributed by atoms with van der Waals surface area (Å²) in [6.07, 6.45) is 1.73. The molecule has 1 aromatic heterocycles. The van der Waals surface area contributed by atoms with Gasteiger partial charge in [0.1, 0.15) is 18.6 Å². The lowest BCUT2D eigenvalue weighted by atomic mass is 10.1. The lowest BCUT2D eigenvalue weighted by Crippen LogP contribution is -2.46. The third kappa shape index (κ3) is 9.42. The van der Waals surface area contributed by atoms with Crippen LogP contribution in [0.3, 0.4) is 0 Å². The summed E-state index contributed by atoms with van der Waals surface area (Å²) >= 11 is 0. The fraction of sp³-hybridized carbons (Fsp3) is 0.500. The van der Waals surface area contributed by atoms with Gasteiger partial charge in [-0.3, -0.25) is 4.79 Å². The molecule has 0 radical (unpaired) electrons. The topological polar surface area (TPSA) is 105 Å². The molecule has 0 spiro atoms. The molecule has 1 amide bonds. The Balaban J connectivity index is 0.00000450. The van der Waals surface area contributed by atoms with E-state index in [1.54, 1.807) is 10.9 Å². The summed E-state index contributed by atoms with van der Waals surface area (Å²) in [4.78, 5) is 16.7. The van der Waals surface area contributed by atoms with E-state index >= 15 is 0 Å². The number of hydrogen-bond donors (Lipinski definition) is 3. The first-order valence-corrected chi connectivity index (χ1v) is 9.58. The molecule has 10 heteroatoms. The summed E-state index contributed by atoms with van der Waals surface area (Å²) < 4.78 is 7.46. The van der Waals surface area contributed by atoms with Crippen molar-refractivity contribution in [2.24, 2.45) is 12.0 Å². The van der Waals surface area contributed by atoms with Gasteiger partial charge in [-0.1, -0.05) is 0 Å². The smallest absolute Gasteiger partial charge is 0.239 e. The van der Waals surface area contributed by atoms with Crippen LogP contribution in [0.2, 0.25) is 0 Å². The van der Waals surface area contributed by atoms with Crippen molar-refractivity contribution in [2.45, 2.75) is 52.8 Å². The average molecular weight is 529 g/mol. The molecular weight excluding hydrogens is 497 g/mol. The average Bonchev–Trinajstić information content (AvgIpc) is 3.02. The van der Waals surface area contributed by atoms with E-state index in [2.05, 4.69) is 31.1 Å². The van der Waals surface area contributed by atoms with Crippen LogP contribution in [0.1, 0.15) is 40.4 Å². The van der Waals surface area contributed by atoms with E-state index in [9.17, 15) is 4.79 Å². The number of benzene rings is 1. The highest BCUT2D eigenvalue weighted by Gasteiger charge is 2.14. The maximum Gasteiger partial charge on any atom is 0.239 e. The molecule has 9 nitrogen and oxygen atoms in total.